The molecule has 0 aliphatic heterocycles. The molecule has 0 spiro atoms. The van der Waals surface area contributed by atoms with Crippen molar-refractivity contribution in [3.8, 4) is 0 Å². The summed E-state index contributed by atoms with van der Waals surface area (Å²) in [4.78, 5) is 0. The van der Waals surface area contributed by atoms with Crippen molar-refractivity contribution in [1.82, 2.24) is 0 Å². The molecular weight excluding hydrogens is 116 g/mol. The van der Waals surface area contributed by atoms with Crippen molar-refractivity contribution in [2.24, 2.45) is 5.92 Å². The SMILES string of the molecule is CC(C)CCC(O)CO. The van der Waals surface area contributed by atoms with E-state index in [1.54, 1.807) is 0 Å². The molecule has 0 aliphatic carbocycles. The minimum atomic E-state index is -0.507. The van der Waals surface area contributed by atoms with E-state index in [2.05, 4.69) is 13.8 Å². The molecule has 2 nitrogen and oxygen atoms in total. The summed E-state index contributed by atoms with van der Waals surface area (Å²) in [5.74, 6) is 0.617. The van der Waals surface area contributed by atoms with E-state index in [1.165, 1.54) is 0 Å². The Morgan fingerprint density at radius 3 is 2.11 bits per heavy atom. The fourth-order valence-electron chi connectivity index (χ4n) is 0.617. The molecule has 0 saturated carbocycles. The van der Waals surface area contributed by atoms with Crippen molar-refractivity contribution >= 4 is 0 Å². The summed E-state index contributed by atoms with van der Waals surface area (Å²) in [5, 5.41) is 17.3. The highest BCUT2D eigenvalue weighted by Gasteiger charge is 2.02. The van der Waals surface area contributed by atoms with Gasteiger partial charge >= 0.3 is 0 Å². The highest BCUT2D eigenvalue weighted by Crippen LogP contribution is 2.05. The van der Waals surface area contributed by atoms with Gasteiger partial charge in [0, 0.05) is 0 Å². The van der Waals surface area contributed by atoms with Crippen LogP contribution in [0.5, 0.6) is 0 Å². The predicted octanol–water partition coefficient (Wildman–Crippen LogP) is 0.776. The maximum absolute atomic E-state index is 8.86. The van der Waals surface area contributed by atoms with Crippen LogP contribution < -0.4 is 0 Å². The van der Waals surface area contributed by atoms with Crippen molar-refractivity contribution in [2.75, 3.05) is 6.61 Å². The molecule has 2 N–H and O–H groups in total. The minimum Gasteiger partial charge on any atom is -0.394 e. The van der Waals surface area contributed by atoms with Crippen molar-refractivity contribution in [3.63, 3.8) is 0 Å². The molecule has 0 heterocycles. The second-order valence-corrected chi connectivity index (χ2v) is 2.81. The lowest BCUT2D eigenvalue weighted by molar-refractivity contribution is 0.0837. The highest BCUT2D eigenvalue weighted by atomic mass is 16.3. The summed E-state index contributed by atoms with van der Waals surface area (Å²) in [6.07, 6.45) is 1.20. The Hall–Kier alpha value is -0.0800. The van der Waals surface area contributed by atoms with Crippen LogP contribution in [0, 0.1) is 5.92 Å². The first kappa shape index (κ1) is 8.92. The van der Waals surface area contributed by atoms with Gasteiger partial charge in [0.15, 0.2) is 0 Å². The Morgan fingerprint density at radius 1 is 1.22 bits per heavy atom. The zero-order valence-corrected chi connectivity index (χ0v) is 6.17. The van der Waals surface area contributed by atoms with Crippen LogP contribution in [-0.4, -0.2) is 22.9 Å². The van der Waals surface area contributed by atoms with E-state index in [-0.39, 0.29) is 6.61 Å². The van der Waals surface area contributed by atoms with Gasteiger partial charge in [-0.3, -0.25) is 0 Å². The van der Waals surface area contributed by atoms with Crippen LogP contribution in [0.2, 0.25) is 0 Å². The Kier molecular flexibility index (Phi) is 4.72. The first-order valence-corrected chi connectivity index (χ1v) is 3.45. The lowest BCUT2D eigenvalue weighted by atomic mass is 10.1. The van der Waals surface area contributed by atoms with Crippen LogP contribution in [0.25, 0.3) is 0 Å². The smallest absolute Gasteiger partial charge is 0.0771 e. The molecule has 2 heteroatoms. The van der Waals surface area contributed by atoms with E-state index in [1.807, 2.05) is 0 Å². The zero-order chi connectivity index (χ0) is 7.28. The zero-order valence-electron chi connectivity index (χ0n) is 6.17. The Morgan fingerprint density at radius 2 is 1.78 bits per heavy atom. The second-order valence-electron chi connectivity index (χ2n) is 2.81. The molecule has 0 aromatic rings. The number of aliphatic hydroxyl groups is 2. The minimum absolute atomic E-state index is 0.104. The lowest BCUT2D eigenvalue weighted by Gasteiger charge is -2.07. The van der Waals surface area contributed by atoms with Crippen LogP contribution in [0.15, 0.2) is 0 Å². The van der Waals surface area contributed by atoms with E-state index in [9.17, 15) is 0 Å². The summed E-state index contributed by atoms with van der Waals surface area (Å²) in [6, 6.07) is 0. The van der Waals surface area contributed by atoms with Crippen LogP contribution in [0.4, 0.5) is 0 Å². The average Bonchev–Trinajstić information content (AvgIpc) is 1.83. The molecular formula is C7H16O2. The molecule has 1 atom stereocenters. The Balaban J connectivity index is 3.06. The summed E-state index contributed by atoms with van der Waals surface area (Å²) in [6.45, 7) is 4.10. The van der Waals surface area contributed by atoms with Crippen molar-refractivity contribution in [3.05, 3.63) is 0 Å². The maximum Gasteiger partial charge on any atom is 0.0771 e. The molecule has 0 amide bonds. The molecule has 0 saturated heterocycles. The van der Waals surface area contributed by atoms with Gasteiger partial charge in [0.05, 0.1) is 12.7 Å². The molecule has 56 valence electrons. The molecule has 1 unspecified atom stereocenters. The van der Waals surface area contributed by atoms with Gasteiger partial charge in [0.25, 0.3) is 0 Å². The molecule has 0 aromatic carbocycles. The normalized spacial score (nSPS) is 14.3. The fraction of sp³-hybridized carbons (Fsp3) is 1.00. The van der Waals surface area contributed by atoms with Crippen LogP contribution in [-0.2, 0) is 0 Å². The molecule has 9 heavy (non-hydrogen) atoms. The first-order valence-electron chi connectivity index (χ1n) is 3.45. The van der Waals surface area contributed by atoms with E-state index < -0.39 is 6.10 Å². The van der Waals surface area contributed by atoms with E-state index >= 15 is 0 Å². The summed E-state index contributed by atoms with van der Waals surface area (Å²) in [5.41, 5.74) is 0. The number of aliphatic hydroxyl groups excluding tert-OH is 2. The fourth-order valence-corrected chi connectivity index (χ4v) is 0.617. The molecule has 0 rings (SSSR count). The van der Waals surface area contributed by atoms with Crippen molar-refractivity contribution in [2.45, 2.75) is 32.8 Å². The third-order valence-electron chi connectivity index (χ3n) is 1.29. The second kappa shape index (κ2) is 4.77. The molecule has 0 aromatic heterocycles. The first-order chi connectivity index (χ1) is 4.16. The lowest BCUT2D eigenvalue weighted by Crippen LogP contribution is -2.12. The Bertz CT molecular complexity index is 61.9. The van der Waals surface area contributed by atoms with Crippen molar-refractivity contribution < 1.29 is 10.2 Å². The maximum atomic E-state index is 8.86. The summed E-state index contributed by atoms with van der Waals surface area (Å²) in [7, 11) is 0. The topological polar surface area (TPSA) is 40.5 Å². The number of rotatable bonds is 4. The van der Waals surface area contributed by atoms with Crippen molar-refractivity contribution in [1.29, 1.82) is 0 Å². The van der Waals surface area contributed by atoms with E-state index in [0.717, 1.165) is 6.42 Å². The average molecular weight is 132 g/mol. The largest absolute Gasteiger partial charge is 0.394 e. The summed E-state index contributed by atoms with van der Waals surface area (Å²) < 4.78 is 0. The molecule has 0 bridgehead atoms. The standard InChI is InChI=1S/C7H16O2/c1-6(2)3-4-7(9)5-8/h6-9H,3-5H2,1-2H3. The van der Waals surface area contributed by atoms with Gasteiger partial charge in [-0.25, -0.2) is 0 Å². The number of hydrogen-bond donors (Lipinski definition) is 2. The Labute approximate surface area is 56.5 Å². The molecule has 0 radical (unpaired) electrons. The van der Waals surface area contributed by atoms with Crippen LogP contribution in [0.1, 0.15) is 26.7 Å². The van der Waals surface area contributed by atoms with E-state index in [0.29, 0.717) is 12.3 Å². The van der Waals surface area contributed by atoms with E-state index in [4.69, 9.17) is 10.2 Å². The van der Waals surface area contributed by atoms with Gasteiger partial charge in [-0.2, -0.15) is 0 Å². The highest BCUT2D eigenvalue weighted by molar-refractivity contribution is 4.54. The summed E-state index contributed by atoms with van der Waals surface area (Å²) >= 11 is 0. The van der Waals surface area contributed by atoms with Gasteiger partial charge < -0.3 is 10.2 Å². The van der Waals surface area contributed by atoms with Gasteiger partial charge in [0.2, 0.25) is 0 Å². The monoisotopic (exact) mass is 132 g/mol. The van der Waals surface area contributed by atoms with Gasteiger partial charge in [-0.1, -0.05) is 13.8 Å². The molecule has 0 aliphatic rings. The third-order valence-corrected chi connectivity index (χ3v) is 1.29. The van der Waals surface area contributed by atoms with Gasteiger partial charge in [-0.05, 0) is 18.8 Å². The third kappa shape index (κ3) is 5.80. The predicted molar refractivity (Wildman–Crippen MR) is 37.2 cm³/mol. The van der Waals surface area contributed by atoms with Crippen LogP contribution in [0.3, 0.4) is 0 Å². The van der Waals surface area contributed by atoms with Gasteiger partial charge in [-0.15, -0.1) is 0 Å². The number of hydrogen-bond acceptors (Lipinski definition) is 2. The van der Waals surface area contributed by atoms with Crippen LogP contribution >= 0.6 is 0 Å². The quantitative estimate of drug-likeness (QED) is 0.593. The molecule has 0 fully saturated rings. The van der Waals surface area contributed by atoms with Gasteiger partial charge in [0.1, 0.15) is 0 Å².